The molecule has 2 rings (SSSR count). The van der Waals surface area contributed by atoms with Crippen LogP contribution in [0.3, 0.4) is 0 Å². The van der Waals surface area contributed by atoms with E-state index < -0.39 is 0 Å². The number of nitrogens with one attached hydrogen (secondary N) is 1. The minimum atomic E-state index is 0.283. The van der Waals surface area contributed by atoms with Crippen molar-refractivity contribution in [2.24, 2.45) is 17.3 Å². The Kier molecular flexibility index (Phi) is 4.78. The van der Waals surface area contributed by atoms with Crippen molar-refractivity contribution in [1.82, 2.24) is 10.2 Å². The number of hydrogen-bond donors (Lipinski definition) is 1. The molecule has 1 saturated heterocycles. The second kappa shape index (κ2) is 6.05. The summed E-state index contributed by atoms with van der Waals surface area (Å²) in [6, 6.07) is 0.849. The van der Waals surface area contributed by atoms with Crippen LogP contribution in [0.5, 0.6) is 0 Å². The van der Waals surface area contributed by atoms with E-state index in [2.05, 4.69) is 44.8 Å². The van der Waals surface area contributed by atoms with Crippen molar-refractivity contribution in [1.29, 1.82) is 0 Å². The highest BCUT2D eigenvalue weighted by Gasteiger charge is 2.35. The lowest BCUT2D eigenvalue weighted by Gasteiger charge is -2.41. The molecule has 0 aromatic rings. The highest BCUT2D eigenvalue weighted by Crippen LogP contribution is 2.40. The molecular weight excluding hydrogens is 248 g/mol. The second-order valence-corrected chi connectivity index (χ2v) is 8.13. The second-order valence-electron chi connectivity index (χ2n) is 8.13. The predicted molar refractivity (Wildman–Crippen MR) is 83.5 cm³/mol. The SMILES string of the molecule is CC1CN(C(=O)C2CCC(C(C)(C)C)CC2)CC(C)N1. The van der Waals surface area contributed by atoms with Gasteiger partial charge in [-0.3, -0.25) is 4.79 Å². The average molecular weight is 280 g/mol. The van der Waals surface area contributed by atoms with Crippen LogP contribution < -0.4 is 5.32 Å². The van der Waals surface area contributed by atoms with Crippen LogP contribution in [0.4, 0.5) is 0 Å². The average Bonchev–Trinajstić information content (AvgIpc) is 2.36. The molecule has 2 fully saturated rings. The first-order chi connectivity index (χ1) is 9.27. The summed E-state index contributed by atoms with van der Waals surface area (Å²) in [7, 11) is 0. The zero-order valence-electron chi connectivity index (χ0n) is 13.9. The fourth-order valence-electron chi connectivity index (χ4n) is 3.97. The van der Waals surface area contributed by atoms with E-state index in [1.807, 2.05) is 0 Å². The van der Waals surface area contributed by atoms with Gasteiger partial charge in [-0.25, -0.2) is 0 Å². The summed E-state index contributed by atoms with van der Waals surface area (Å²) in [5.74, 6) is 1.48. The third-order valence-corrected chi connectivity index (χ3v) is 5.17. The molecule has 1 heterocycles. The van der Waals surface area contributed by atoms with Crippen molar-refractivity contribution < 1.29 is 4.79 Å². The minimum absolute atomic E-state index is 0.283. The Morgan fingerprint density at radius 3 is 1.95 bits per heavy atom. The normalized spacial score (nSPS) is 36.0. The van der Waals surface area contributed by atoms with Gasteiger partial charge in [0.25, 0.3) is 0 Å². The van der Waals surface area contributed by atoms with Crippen LogP contribution in [-0.4, -0.2) is 36.0 Å². The van der Waals surface area contributed by atoms with E-state index in [9.17, 15) is 4.79 Å². The van der Waals surface area contributed by atoms with Crippen LogP contribution in [-0.2, 0) is 4.79 Å². The van der Waals surface area contributed by atoms with Crippen molar-refractivity contribution in [3.8, 4) is 0 Å². The maximum absolute atomic E-state index is 12.7. The summed E-state index contributed by atoms with van der Waals surface area (Å²) in [6.07, 6.45) is 4.62. The van der Waals surface area contributed by atoms with E-state index in [0.29, 0.717) is 23.4 Å². The van der Waals surface area contributed by atoms with Gasteiger partial charge in [0.1, 0.15) is 0 Å². The molecule has 3 nitrogen and oxygen atoms in total. The molecule has 0 radical (unpaired) electrons. The zero-order chi connectivity index (χ0) is 14.9. The highest BCUT2D eigenvalue weighted by atomic mass is 16.2. The standard InChI is InChI=1S/C17H32N2O/c1-12-10-19(11-13(2)18-12)16(20)14-6-8-15(9-7-14)17(3,4)5/h12-15,18H,6-11H2,1-5H3. The number of carbonyl (C=O) groups is 1. The van der Waals surface area contributed by atoms with E-state index >= 15 is 0 Å². The van der Waals surface area contributed by atoms with Crippen LogP contribution in [0.15, 0.2) is 0 Å². The molecule has 0 aromatic carbocycles. The molecule has 2 unspecified atom stereocenters. The molecule has 1 aliphatic heterocycles. The number of carbonyl (C=O) groups excluding carboxylic acids is 1. The van der Waals surface area contributed by atoms with Gasteiger partial charge >= 0.3 is 0 Å². The third kappa shape index (κ3) is 3.75. The van der Waals surface area contributed by atoms with Gasteiger partial charge in [0.05, 0.1) is 0 Å². The Morgan fingerprint density at radius 1 is 1.00 bits per heavy atom. The van der Waals surface area contributed by atoms with Crippen molar-refractivity contribution in [2.75, 3.05) is 13.1 Å². The van der Waals surface area contributed by atoms with E-state index in [-0.39, 0.29) is 5.92 Å². The summed E-state index contributed by atoms with van der Waals surface area (Å²) in [5, 5.41) is 3.50. The molecule has 2 aliphatic rings. The van der Waals surface area contributed by atoms with Gasteiger partial charge in [-0.2, -0.15) is 0 Å². The van der Waals surface area contributed by atoms with Crippen LogP contribution in [0.25, 0.3) is 0 Å². The van der Waals surface area contributed by atoms with E-state index in [1.54, 1.807) is 0 Å². The molecule has 116 valence electrons. The maximum atomic E-state index is 12.7. The molecule has 3 heteroatoms. The summed E-state index contributed by atoms with van der Waals surface area (Å²) < 4.78 is 0. The molecule has 20 heavy (non-hydrogen) atoms. The predicted octanol–water partition coefficient (Wildman–Crippen LogP) is 3.05. The first-order valence-corrected chi connectivity index (χ1v) is 8.32. The van der Waals surface area contributed by atoms with Gasteiger partial charge in [-0.05, 0) is 50.9 Å². The largest absolute Gasteiger partial charge is 0.339 e. The molecule has 1 amide bonds. The van der Waals surface area contributed by atoms with Crippen molar-refractivity contribution >= 4 is 5.91 Å². The first kappa shape index (κ1) is 15.8. The fourth-order valence-corrected chi connectivity index (χ4v) is 3.97. The van der Waals surface area contributed by atoms with Gasteiger partial charge in [0, 0.05) is 31.1 Å². The molecular formula is C17H32N2O. The quantitative estimate of drug-likeness (QED) is 0.800. The summed E-state index contributed by atoms with van der Waals surface area (Å²) in [5.41, 5.74) is 0.395. The van der Waals surface area contributed by atoms with Crippen molar-refractivity contribution in [2.45, 2.75) is 72.4 Å². The molecule has 0 spiro atoms. The molecule has 0 bridgehead atoms. The Hall–Kier alpha value is -0.570. The molecule has 1 aliphatic carbocycles. The van der Waals surface area contributed by atoms with Crippen molar-refractivity contribution in [3.05, 3.63) is 0 Å². The van der Waals surface area contributed by atoms with Crippen LogP contribution >= 0.6 is 0 Å². The van der Waals surface area contributed by atoms with E-state index in [0.717, 1.165) is 31.8 Å². The number of rotatable bonds is 1. The van der Waals surface area contributed by atoms with Gasteiger partial charge < -0.3 is 10.2 Å². The minimum Gasteiger partial charge on any atom is -0.339 e. The van der Waals surface area contributed by atoms with Gasteiger partial charge in [-0.15, -0.1) is 0 Å². The summed E-state index contributed by atoms with van der Waals surface area (Å²) in [6.45, 7) is 13.1. The first-order valence-electron chi connectivity index (χ1n) is 8.32. The summed E-state index contributed by atoms with van der Waals surface area (Å²) in [4.78, 5) is 14.8. The zero-order valence-corrected chi connectivity index (χ0v) is 13.9. The Balaban J connectivity index is 1.88. The smallest absolute Gasteiger partial charge is 0.225 e. The number of hydrogen-bond acceptors (Lipinski definition) is 2. The Bertz CT molecular complexity index is 329. The van der Waals surface area contributed by atoms with Crippen LogP contribution in [0, 0.1) is 17.3 Å². The van der Waals surface area contributed by atoms with Crippen LogP contribution in [0.1, 0.15) is 60.3 Å². The Labute approximate surface area is 124 Å². The topological polar surface area (TPSA) is 32.3 Å². The fraction of sp³-hybridized carbons (Fsp3) is 0.941. The van der Waals surface area contributed by atoms with Crippen LogP contribution in [0.2, 0.25) is 0 Å². The summed E-state index contributed by atoms with van der Waals surface area (Å²) >= 11 is 0. The van der Waals surface area contributed by atoms with E-state index in [1.165, 1.54) is 12.8 Å². The molecule has 2 atom stereocenters. The number of amides is 1. The monoisotopic (exact) mass is 280 g/mol. The molecule has 1 saturated carbocycles. The lowest BCUT2D eigenvalue weighted by molar-refractivity contribution is -0.139. The Morgan fingerprint density at radius 2 is 1.50 bits per heavy atom. The molecule has 0 aromatic heterocycles. The van der Waals surface area contributed by atoms with Gasteiger partial charge in [-0.1, -0.05) is 20.8 Å². The molecule has 1 N–H and O–H groups in total. The van der Waals surface area contributed by atoms with Gasteiger partial charge in [0.15, 0.2) is 0 Å². The number of piperazine rings is 1. The highest BCUT2D eigenvalue weighted by molar-refractivity contribution is 5.79. The van der Waals surface area contributed by atoms with E-state index in [4.69, 9.17) is 0 Å². The van der Waals surface area contributed by atoms with Crippen molar-refractivity contribution in [3.63, 3.8) is 0 Å². The number of nitrogens with zero attached hydrogens (tertiary/aromatic N) is 1. The maximum Gasteiger partial charge on any atom is 0.225 e. The lowest BCUT2D eigenvalue weighted by Crippen LogP contribution is -2.57. The third-order valence-electron chi connectivity index (χ3n) is 5.17. The van der Waals surface area contributed by atoms with Gasteiger partial charge in [0.2, 0.25) is 5.91 Å². The lowest BCUT2D eigenvalue weighted by atomic mass is 9.69.